The molecule has 144 valence electrons. The smallest absolute Gasteiger partial charge is 0.159 e. The molecular formula is C23H30N2O2. The zero-order valence-corrected chi connectivity index (χ0v) is 16.9. The minimum absolute atomic E-state index is 0.111. The van der Waals surface area contributed by atoms with E-state index in [1.807, 2.05) is 55.4 Å². The predicted octanol–water partition coefficient (Wildman–Crippen LogP) is 4.83. The molecule has 2 aromatic carbocycles. The second-order valence-electron chi connectivity index (χ2n) is 7.15. The lowest BCUT2D eigenvalue weighted by Gasteiger charge is -2.28. The number of carbonyl (C=O) groups is 2. The third-order valence-electron chi connectivity index (χ3n) is 4.79. The normalized spacial score (nSPS) is 13.4. The molecule has 0 aliphatic carbocycles. The van der Waals surface area contributed by atoms with Gasteiger partial charge in [0.15, 0.2) is 11.6 Å². The molecule has 1 aliphatic rings. The molecule has 2 aromatic rings. The van der Waals surface area contributed by atoms with Crippen molar-refractivity contribution in [2.45, 2.75) is 33.1 Å². The minimum Gasteiger partial charge on any atom is -0.378 e. The van der Waals surface area contributed by atoms with E-state index in [0.29, 0.717) is 0 Å². The molecule has 0 spiro atoms. The Morgan fingerprint density at radius 1 is 0.741 bits per heavy atom. The molecule has 0 N–H and O–H groups in total. The van der Waals surface area contributed by atoms with Gasteiger partial charge in [0, 0.05) is 49.7 Å². The van der Waals surface area contributed by atoms with E-state index in [9.17, 15) is 9.59 Å². The maximum absolute atomic E-state index is 11.1. The highest BCUT2D eigenvalue weighted by atomic mass is 16.1. The van der Waals surface area contributed by atoms with Crippen LogP contribution in [0.1, 0.15) is 53.8 Å². The number of hydrogen-bond donors (Lipinski definition) is 0. The second-order valence-corrected chi connectivity index (χ2v) is 7.15. The van der Waals surface area contributed by atoms with Gasteiger partial charge in [-0.2, -0.15) is 0 Å². The van der Waals surface area contributed by atoms with Crippen LogP contribution in [0.4, 0.5) is 11.4 Å². The maximum Gasteiger partial charge on any atom is 0.159 e. The monoisotopic (exact) mass is 366 g/mol. The summed E-state index contributed by atoms with van der Waals surface area (Å²) in [5.74, 6) is 0.250. The van der Waals surface area contributed by atoms with Crippen LogP contribution in [-0.4, -0.2) is 38.8 Å². The third-order valence-corrected chi connectivity index (χ3v) is 4.79. The summed E-state index contributed by atoms with van der Waals surface area (Å²) in [6.45, 7) is 5.49. The topological polar surface area (TPSA) is 40.6 Å². The van der Waals surface area contributed by atoms with Crippen LogP contribution in [0.3, 0.4) is 0 Å². The van der Waals surface area contributed by atoms with Crippen LogP contribution in [0, 0.1) is 0 Å². The number of benzene rings is 2. The summed E-state index contributed by atoms with van der Waals surface area (Å²) < 4.78 is 0. The van der Waals surface area contributed by atoms with Gasteiger partial charge in [-0.3, -0.25) is 9.59 Å². The number of ketones is 2. The molecule has 0 atom stereocenters. The Bertz CT molecular complexity index is 743. The quantitative estimate of drug-likeness (QED) is 0.727. The lowest BCUT2D eigenvalue weighted by atomic mass is 10.1. The van der Waals surface area contributed by atoms with Crippen molar-refractivity contribution in [3.63, 3.8) is 0 Å². The summed E-state index contributed by atoms with van der Waals surface area (Å²) in [6, 6.07) is 15.5. The highest BCUT2D eigenvalue weighted by Gasteiger charge is 2.10. The largest absolute Gasteiger partial charge is 0.378 e. The van der Waals surface area contributed by atoms with E-state index in [1.54, 1.807) is 13.8 Å². The first-order chi connectivity index (χ1) is 12.9. The number of nitrogens with zero attached hydrogens (tertiary/aromatic N) is 2. The van der Waals surface area contributed by atoms with E-state index in [4.69, 9.17) is 0 Å². The SMILES string of the molecule is CC(=O)c1ccc(N(C)C)cc1.CC(=O)c1ccc(N2CCCCC2)cc1. The summed E-state index contributed by atoms with van der Waals surface area (Å²) in [6.07, 6.45) is 3.92. The van der Waals surface area contributed by atoms with E-state index in [2.05, 4.69) is 17.0 Å². The number of anilines is 2. The van der Waals surface area contributed by atoms with Gasteiger partial charge >= 0.3 is 0 Å². The van der Waals surface area contributed by atoms with Gasteiger partial charge in [-0.15, -0.1) is 0 Å². The van der Waals surface area contributed by atoms with Gasteiger partial charge in [0.2, 0.25) is 0 Å². The lowest BCUT2D eigenvalue weighted by Crippen LogP contribution is -2.29. The van der Waals surface area contributed by atoms with Gasteiger partial charge in [0.1, 0.15) is 0 Å². The standard InChI is InChI=1S/C13H17NO.C10H13NO/c1-11(15)12-5-7-13(8-6-12)14-9-3-2-4-10-14;1-8(12)9-4-6-10(7-5-9)11(2)3/h5-8H,2-4,9-10H2,1H3;4-7H,1-3H3. The zero-order valence-electron chi connectivity index (χ0n) is 16.9. The summed E-state index contributed by atoms with van der Waals surface area (Å²) in [4.78, 5) is 26.4. The Kier molecular flexibility index (Phi) is 7.59. The van der Waals surface area contributed by atoms with Crippen LogP contribution in [0.25, 0.3) is 0 Å². The van der Waals surface area contributed by atoms with Gasteiger partial charge in [-0.05, 0) is 81.6 Å². The summed E-state index contributed by atoms with van der Waals surface area (Å²) in [7, 11) is 3.95. The van der Waals surface area contributed by atoms with Crippen molar-refractivity contribution in [3.8, 4) is 0 Å². The first kappa shape index (κ1) is 20.7. The summed E-state index contributed by atoms with van der Waals surface area (Å²) in [5.41, 5.74) is 3.93. The van der Waals surface area contributed by atoms with Gasteiger partial charge < -0.3 is 9.80 Å². The fourth-order valence-electron chi connectivity index (χ4n) is 3.05. The molecule has 27 heavy (non-hydrogen) atoms. The molecule has 1 aliphatic heterocycles. The van der Waals surface area contributed by atoms with Crippen molar-refractivity contribution < 1.29 is 9.59 Å². The zero-order chi connectivity index (χ0) is 19.8. The molecule has 4 heteroatoms. The van der Waals surface area contributed by atoms with Crippen molar-refractivity contribution in [2.75, 3.05) is 37.0 Å². The maximum atomic E-state index is 11.1. The highest BCUT2D eigenvalue weighted by molar-refractivity contribution is 5.94. The molecule has 1 saturated heterocycles. The fourth-order valence-corrected chi connectivity index (χ4v) is 3.05. The highest BCUT2D eigenvalue weighted by Crippen LogP contribution is 2.20. The van der Waals surface area contributed by atoms with E-state index in [1.165, 1.54) is 24.9 Å². The molecular weight excluding hydrogens is 336 g/mol. The molecule has 1 heterocycles. The van der Waals surface area contributed by atoms with Crippen LogP contribution >= 0.6 is 0 Å². The Morgan fingerprint density at radius 2 is 1.19 bits per heavy atom. The van der Waals surface area contributed by atoms with E-state index < -0.39 is 0 Å². The lowest BCUT2D eigenvalue weighted by molar-refractivity contribution is 0.100. The van der Waals surface area contributed by atoms with E-state index in [-0.39, 0.29) is 11.6 Å². The molecule has 0 bridgehead atoms. The number of hydrogen-bond acceptors (Lipinski definition) is 4. The minimum atomic E-state index is 0.111. The van der Waals surface area contributed by atoms with Crippen LogP contribution in [0.5, 0.6) is 0 Å². The van der Waals surface area contributed by atoms with Crippen molar-refractivity contribution in [1.29, 1.82) is 0 Å². The first-order valence-electron chi connectivity index (χ1n) is 9.53. The molecule has 0 amide bonds. The fraction of sp³-hybridized carbons (Fsp3) is 0.391. The van der Waals surface area contributed by atoms with Crippen molar-refractivity contribution in [2.24, 2.45) is 0 Å². The Labute approximate surface area is 162 Å². The van der Waals surface area contributed by atoms with Gasteiger partial charge in [-0.1, -0.05) is 0 Å². The average Bonchev–Trinajstić information content (AvgIpc) is 2.69. The summed E-state index contributed by atoms with van der Waals surface area (Å²) >= 11 is 0. The van der Waals surface area contributed by atoms with Crippen LogP contribution in [0.15, 0.2) is 48.5 Å². The van der Waals surface area contributed by atoms with Gasteiger partial charge in [0.05, 0.1) is 0 Å². The molecule has 0 radical (unpaired) electrons. The van der Waals surface area contributed by atoms with E-state index >= 15 is 0 Å². The van der Waals surface area contributed by atoms with Crippen LogP contribution in [0.2, 0.25) is 0 Å². The van der Waals surface area contributed by atoms with Crippen molar-refractivity contribution in [1.82, 2.24) is 0 Å². The Hall–Kier alpha value is -2.62. The van der Waals surface area contributed by atoms with Crippen LogP contribution in [-0.2, 0) is 0 Å². The Morgan fingerprint density at radius 3 is 1.59 bits per heavy atom. The van der Waals surface area contributed by atoms with Crippen molar-refractivity contribution in [3.05, 3.63) is 59.7 Å². The number of rotatable bonds is 4. The molecule has 1 fully saturated rings. The van der Waals surface area contributed by atoms with Crippen LogP contribution < -0.4 is 9.80 Å². The molecule has 0 unspecified atom stereocenters. The molecule has 0 aromatic heterocycles. The molecule has 0 saturated carbocycles. The Balaban J connectivity index is 0.000000199. The number of Topliss-reactive ketones (excluding diaryl/α,β-unsaturated/α-hetero) is 2. The number of piperidine rings is 1. The third kappa shape index (κ3) is 6.24. The molecule has 4 nitrogen and oxygen atoms in total. The average molecular weight is 367 g/mol. The van der Waals surface area contributed by atoms with Crippen molar-refractivity contribution >= 4 is 22.9 Å². The van der Waals surface area contributed by atoms with E-state index in [0.717, 1.165) is 29.9 Å². The predicted molar refractivity (Wildman–Crippen MR) is 113 cm³/mol. The van der Waals surface area contributed by atoms with Gasteiger partial charge in [0.25, 0.3) is 0 Å². The van der Waals surface area contributed by atoms with Gasteiger partial charge in [-0.25, -0.2) is 0 Å². The second kappa shape index (κ2) is 9.91. The summed E-state index contributed by atoms with van der Waals surface area (Å²) in [5, 5.41) is 0. The first-order valence-corrected chi connectivity index (χ1v) is 9.53. The number of carbonyl (C=O) groups excluding carboxylic acids is 2. The molecule has 3 rings (SSSR count).